The number of esters is 2. The Morgan fingerprint density at radius 3 is 0.682 bits per heavy atom. The van der Waals surface area contributed by atoms with Gasteiger partial charge in [-0.15, -0.1) is 0 Å². The van der Waals surface area contributed by atoms with E-state index in [2.05, 4.69) is 50.3 Å². The minimum Gasteiger partial charge on any atom is -0.462 e. The van der Waals surface area contributed by atoms with Crippen LogP contribution >= 0.6 is 0 Å². The average Bonchev–Trinajstić information content (AvgIpc) is 3.56. The quantitative estimate of drug-likeness (QED) is 0.0373. The van der Waals surface area contributed by atoms with E-state index in [4.69, 9.17) is 9.47 Å². The fraction of sp³-hybridized carbons (Fsp3) is 0.904. The summed E-state index contributed by atoms with van der Waals surface area (Å²) in [5.74, 6) is -0.561. The maximum Gasteiger partial charge on any atom is 0.306 e. The molecule has 0 aliphatic carbocycles. The van der Waals surface area contributed by atoms with Gasteiger partial charge in [0, 0.05) is 12.8 Å². The van der Waals surface area contributed by atoms with Gasteiger partial charge >= 0.3 is 11.9 Å². The third-order valence-electron chi connectivity index (χ3n) is 18.9. The van der Waals surface area contributed by atoms with E-state index in [0.717, 1.165) is 38.5 Å². The largest absolute Gasteiger partial charge is 0.462 e. The first-order valence-corrected chi connectivity index (χ1v) is 40.5. The molecule has 88 heavy (non-hydrogen) atoms. The van der Waals surface area contributed by atoms with Crippen LogP contribution < -0.4 is 0 Å². The van der Waals surface area contributed by atoms with Crippen molar-refractivity contribution in [3.63, 3.8) is 0 Å². The Morgan fingerprint density at radius 1 is 0.261 bits per heavy atom. The standard InChI is InChI=1S/C83H158O5/c1-3-5-7-9-11-13-15-17-19-21-23-25-27-29-31-33-35-37-38-39-40-41-42-43-44-46-47-49-51-53-55-57-59-61-63-65-67-69-71-73-75-77-82(85)87-80-81(79-84)88-83(86)78-76-74-72-70-68-66-64-62-60-58-56-54-52-50-48-45-36-34-32-30-28-26-24-22-20-18-16-14-12-10-8-6-4-2/h16,18,21-24,81,84H,3-15,17,19-20,25-80H2,1-2H3/b18-16-,23-21-,24-22-. The van der Waals surface area contributed by atoms with Gasteiger partial charge in [-0.05, 0) is 70.6 Å². The number of aliphatic hydroxyl groups is 1. The minimum atomic E-state index is -0.770. The van der Waals surface area contributed by atoms with Crippen LogP contribution in [0.25, 0.3) is 0 Å². The monoisotopic (exact) mass is 1240 g/mol. The lowest BCUT2D eigenvalue weighted by Crippen LogP contribution is -2.28. The second-order valence-electron chi connectivity index (χ2n) is 27.8. The number of carbonyl (C=O) groups excluding carboxylic acids is 2. The summed E-state index contributed by atoms with van der Waals surface area (Å²) >= 11 is 0. The Labute approximate surface area is 552 Å². The zero-order valence-electron chi connectivity index (χ0n) is 60.0. The zero-order chi connectivity index (χ0) is 63.3. The molecule has 0 aromatic rings. The molecule has 0 aromatic heterocycles. The number of hydrogen-bond donors (Lipinski definition) is 1. The van der Waals surface area contributed by atoms with Gasteiger partial charge in [-0.25, -0.2) is 0 Å². The summed E-state index contributed by atoms with van der Waals surface area (Å²) in [5.41, 5.74) is 0. The Balaban J connectivity index is 3.35. The number of ether oxygens (including phenoxy) is 2. The van der Waals surface area contributed by atoms with Crippen molar-refractivity contribution in [3.05, 3.63) is 36.5 Å². The van der Waals surface area contributed by atoms with Gasteiger partial charge in [0.25, 0.3) is 0 Å². The van der Waals surface area contributed by atoms with E-state index in [1.54, 1.807) is 0 Å². The van der Waals surface area contributed by atoms with E-state index < -0.39 is 6.10 Å². The van der Waals surface area contributed by atoms with Gasteiger partial charge in [-0.3, -0.25) is 9.59 Å². The van der Waals surface area contributed by atoms with Crippen molar-refractivity contribution in [3.8, 4) is 0 Å². The second kappa shape index (κ2) is 79.4. The molecule has 5 heteroatoms. The summed E-state index contributed by atoms with van der Waals surface area (Å²) in [6.07, 6.45) is 107. The lowest BCUT2D eigenvalue weighted by Gasteiger charge is -2.15. The van der Waals surface area contributed by atoms with Crippen LogP contribution in [0, 0.1) is 0 Å². The van der Waals surface area contributed by atoms with Crippen molar-refractivity contribution in [2.45, 2.75) is 469 Å². The SMILES string of the molecule is CCCCCCC/C=C\C/C=C\CCCCCCCCCCCCCCCCCCCCCCCC(=O)OC(CO)COC(=O)CCCCCCCCCCCCCCCCCCCCCCCCCCCCCCC/C=C\CCCCCCCCCC. The number of allylic oxidation sites excluding steroid dienone is 6. The molecule has 520 valence electrons. The number of hydrogen-bond acceptors (Lipinski definition) is 5. The summed E-state index contributed by atoms with van der Waals surface area (Å²) in [6.45, 7) is 4.20. The highest BCUT2D eigenvalue weighted by atomic mass is 16.6. The zero-order valence-corrected chi connectivity index (χ0v) is 60.0. The highest BCUT2D eigenvalue weighted by Gasteiger charge is 2.16. The molecule has 0 radical (unpaired) electrons. The molecular weight excluding hydrogens is 1080 g/mol. The fourth-order valence-electron chi connectivity index (χ4n) is 12.8. The predicted octanol–water partition coefficient (Wildman–Crippen LogP) is 28.4. The molecule has 0 aliphatic heterocycles. The van der Waals surface area contributed by atoms with Crippen LogP contribution in [0.5, 0.6) is 0 Å². The maximum atomic E-state index is 12.4. The number of aliphatic hydroxyl groups excluding tert-OH is 1. The van der Waals surface area contributed by atoms with Crippen molar-refractivity contribution in [2.75, 3.05) is 13.2 Å². The van der Waals surface area contributed by atoms with Crippen LogP contribution in [0.1, 0.15) is 463 Å². The third-order valence-corrected chi connectivity index (χ3v) is 18.9. The van der Waals surface area contributed by atoms with Gasteiger partial charge in [-0.1, -0.05) is 416 Å². The number of carbonyl (C=O) groups is 2. The molecule has 0 bridgehead atoms. The van der Waals surface area contributed by atoms with Gasteiger partial charge in [0.2, 0.25) is 0 Å². The summed E-state index contributed by atoms with van der Waals surface area (Å²) in [7, 11) is 0. The topological polar surface area (TPSA) is 72.8 Å². The first-order chi connectivity index (χ1) is 43.6. The van der Waals surface area contributed by atoms with Gasteiger partial charge in [0.1, 0.15) is 6.61 Å². The lowest BCUT2D eigenvalue weighted by molar-refractivity contribution is -0.161. The molecule has 1 unspecified atom stereocenters. The Hall–Kier alpha value is -1.88. The van der Waals surface area contributed by atoms with Crippen molar-refractivity contribution in [1.82, 2.24) is 0 Å². The molecular formula is C83H158O5. The summed E-state index contributed by atoms with van der Waals surface area (Å²) in [4.78, 5) is 24.7. The van der Waals surface area contributed by atoms with Gasteiger partial charge < -0.3 is 14.6 Å². The van der Waals surface area contributed by atoms with Crippen molar-refractivity contribution >= 4 is 11.9 Å². The molecule has 0 aliphatic rings. The Kier molecular flexibility index (Phi) is 77.7. The molecule has 0 heterocycles. The van der Waals surface area contributed by atoms with Crippen LogP contribution in [0.3, 0.4) is 0 Å². The normalized spacial score (nSPS) is 12.3. The molecule has 0 rings (SSSR count). The number of unbranched alkanes of at least 4 members (excludes halogenated alkanes) is 63. The molecule has 0 saturated heterocycles. The molecule has 0 fully saturated rings. The van der Waals surface area contributed by atoms with E-state index in [0.29, 0.717) is 12.8 Å². The van der Waals surface area contributed by atoms with E-state index in [9.17, 15) is 14.7 Å². The molecule has 1 N–H and O–H groups in total. The van der Waals surface area contributed by atoms with Crippen molar-refractivity contribution in [1.29, 1.82) is 0 Å². The van der Waals surface area contributed by atoms with E-state index >= 15 is 0 Å². The highest BCUT2D eigenvalue weighted by molar-refractivity contribution is 5.70. The summed E-state index contributed by atoms with van der Waals surface area (Å²) in [6, 6.07) is 0. The van der Waals surface area contributed by atoms with Crippen LogP contribution in [-0.4, -0.2) is 36.4 Å². The Bertz CT molecular complexity index is 1400. The molecule has 0 saturated carbocycles. The van der Waals surface area contributed by atoms with E-state index in [1.807, 2.05) is 0 Å². The molecule has 0 spiro atoms. The lowest BCUT2D eigenvalue weighted by atomic mass is 10.0. The second-order valence-corrected chi connectivity index (χ2v) is 27.8. The smallest absolute Gasteiger partial charge is 0.306 e. The molecule has 0 amide bonds. The minimum absolute atomic E-state index is 0.0581. The van der Waals surface area contributed by atoms with Crippen LogP contribution in [0.15, 0.2) is 36.5 Å². The third kappa shape index (κ3) is 76.6. The van der Waals surface area contributed by atoms with Crippen LogP contribution in [-0.2, 0) is 19.1 Å². The van der Waals surface area contributed by atoms with Gasteiger partial charge in [-0.2, -0.15) is 0 Å². The van der Waals surface area contributed by atoms with Crippen molar-refractivity contribution < 1.29 is 24.2 Å². The highest BCUT2D eigenvalue weighted by Crippen LogP contribution is 2.20. The summed E-state index contributed by atoms with van der Waals surface area (Å²) < 4.78 is 10.8. The van der Waals surface area contributed by atoms with Crippen molar-refractivity contribution in [2.24, 2.45) is 0 Å². The fourth-order valence-corrected chi connectivity index (χ4v) is 12.8. The Morgan fingerprint density at radius 2 is 0.455 bits per heavy atom. The van der Waals surface area contributed by atoms with E-state index in [-0.39, 0.29) is 25.2 Å². The molecule has 5 nitrogen and oxygen atoms in total. The average molecular weight is 1240 g/mol. The number of rotatable bonds is 77. The first kappa shape index (κ1) is 86.1. The van der Waals surface area contributed by atoms with Gasteiger partial charge in [0.05, 0.1) is 6.61 Å². The first-order valence-electron chi connectivity index (χ1n) is 40.5. The van der Waals surface area contributed by atoms with Crippen LogP contribution in [0.4, 0.5) is 0 Å². The predicted molar refractivity (Wildman–Crippen MR) is 390 cm³/mol. The molecule has 1 atom stereocenters. The summed E-state index contributed by atoms with van der Waals surface area (Å²) in [5, 5.41) is 9.73. The van der Waals surface area contributed by atoms with Gasteiger partial charge in [0.15, 0.2) is 6.10 Å². The maximum absolute atomic E-state index is 12.4. The van der Waals surface area contributed by atoms with E-state index in [1.165, 1.54) is 398 Å². The van der Waals surface area contributed by atoms with Crippen LogP contribution in [0.2, 0.25) is 0 Å². The molecule has 0 aromatic carbocycles.